The molecule has 0 heterocycles. The lowest BCUT2D eigenvalue weighted by Crippen LogP contribution is -2.20. The van der Waals surface area contributed by atoms with E-state index >= 15 is 0 Å². The summed E-state index contributed by atoms with van der Waals surface area (Å²) in [4.78, 5) is 12.0. The number of benzene rings is 2. The highest BCUT2D eigenvalue weighted by atomic mass is 19.4. The van der Waals surface area contributed by atoms with Gasteiger partial charge in [-0.25, -0.2) is 0 Å². The smallest absolute Gasteiger partial charge is 0.405 e. The summed E-state index contributed by atoms with van der Waals surface area (Å²) in [6, 6.07) is 13.6. The Kier molecular flexibility index (Phi) is 3.93. The van der Waals surface area contributed by atoms with Crippen molar-refractivity contribution >= 4 is 11.6 Å². The number of anilines is 1. The first-order valence-corrected chi connectivity index (χ1v) is 5.67. The van der Waals surface area contributed by atoms with E-state index in [0.717, 1.165) is 6.07 Å². The largest absolute Gasteiger partial charge is 0.573 e. The van der Waals surface area contributed by atoms with Crippen LogP contribution < -0.4 is 10.1 Å². The number of hydrogen-bond acceptors (Lipinski definition) is 2. The lowest BCUT2D eigenvalue weighted by molar-refractivity contribution is -0.274. The van der Waals surface area contributed by atoms with Crippen LogP contribution in [0, 0.1) is 0 Å². The average Bonchev–Trinajstić information content (AvgIpc) is 2.38. The molecule has 2 aromatic rings. The molecule has 2 aromatic carbocycles. The first-order chi connectivity index (χ1) is 9.46. The number of para-hydroxylation sites is 2. The lowest BCUT2D eigenvalue weighted by Gasteiger charge is -2.13. The highest BCUT2D eigenvalue weighted by molar-refractivity contribution is 6.06. The minimum absolute atomic E-state index is 0.186. The molecule has 0 aliphatic carbocycles. The van der Waals surface area contributed by atoms with E-state index in [1.807, 2.05) is 0 Å². The van der Waals surface area contributed by atoms with Crippen LogP contribution >= 0.6 is 0 Å². The van der Waals surface area contributed by atoms with Crippen LogP contribution in [0.4, 0.5) is 18.9 Å². The molecule has 1 N–H and O–H groups in total. The quantitative estimate of drug-likeness (QED) is 0.928. The molecule has 6 heteroatoms. The zero-order chi connectivity index (χ0) is 14.6. The van der Waals surface area contributed by atoms with Gasteiger partial charge in [0.1, 0.15) is 5.75 Å². The highest BCUT2D eigenvalue weighted by Gasteiger charge is 2.32. The molecule has 1 amide bonds. The van der Waals surface area contributed by atoms with Gasteiger partial charge in [0.05, 0.1) is 5.56 Å². The van der Waals surface area contributed by atoms with Gasteiger partial charge in [0.15, 0.2) is 0 Å². The van der Waals surface area contributed by atoms with Gasteiger partial charge in [-0.05, 0) is 24.3 Å². The number of halogens is 3. The van der Waals surface area contributed by atoms with Gasteiger partial charge < -0.3 is 10.1 Å². The summed E-state index contributed by atoms with van der Waals surface area (Å²) >= 11 is 0. The molecule has 0 bridgehead atoms. The number of alkyl halides is 3. The molecule has 0 radical (unpaired) electrons. The zero-order valence-electron chi connectivity index (χ0n) is 10.1. The van der Waals surface area contributed by atoms with E-state index < -0.39 is 18.0 Å². The van der Waals surface area contributed by atoms with Crippen molar-refractivity contribution in [1.82, 2.24) is 0 Å². The Hall–Kier alpha value is -2.50. The second-order valence-electron chi connectivity index (χ2n) is 3.86. The van der Waals surface area contributed by atoms with Crippen LogP contribution in [-0.4, -0.2) is 12.3 Å². The van der Waals surface area contributed by atoms with Crippen LogP contribution in [0.15, 0.2) is 54.6 Å². The number of carbonyl (C=O) groups is 1. The zero-order valence-corrected chi connectivity index (χ0v) is 10.1. The van der Waals surface area contributed by atoms with Gasteiger partial charge in [0.2, 0.25) is 0 Å². The van der Waals surface area contributed by atoms with Crippen molar-refractivity contribution in [3.63, 3.8) is 0 Å². The van der Waals surface area contributed by atoms with Crippen molar-refractivity contribution in [3.05, 3.63) is 60.2 Å². The first-order valence-electron chi connectivity index (χ1n) is 5.67. The standard InChI is InChI=1S/C14H10F3NO2/c15-14(16,17)20-12-9-5-4-8-11(12)13(19)18-10-6-2-1-3-7-10/h1-9H,(H,18,19). The third-order valence-electron chi connectivity index (χ3n) is 2.39. The second-order valence-corrected chi connectivity index (χ2v) is 3.86. The molecule has 0 atom stereocenters. The molecule has 3 nitrogen and oxygen atoms in total. The number of nitrogens with one attached hydrogen (secondary N) is 1. The average molecular weight is 281 g/mol. The van der Waals surface area contributed by atoms with Crippen molar-refractivity contribution in [2.75, 3.05) is 5.32 Å². The van der Waals surface area contributed by atoms with Crippen molar-refractivity contribution in [2.24, 2.45) is 0 Å². The predicted molar refractivity (Wildman–Crippen MR) is 67.5 cm³/mol. The van der Waals surface area contributed by atoms with Crippen LogP contribution in [0.1, 0.15) is 10.4 Å². The van der Waals surface area contributed by atoms with E-state index in [9.17, 15) is 18.0 Å². The summed E-state index contributed by atoms with van der Waals surface area (Å²) in [5.41, 5.74) is 0.299. The van der Waals surface area contributed by atoms with E-state index in [0.29, 0.717) is 5.69 Å². The Morgan fingerprint density at radius 2 is 1.55 bits per heavy atom. The third-order valence-corrected chi connectivity index (χ3v) is 2.39. The molecule has 2 rings (SSSR count). The number of rotatable bonds is 3. The van der Waals surface area contributed by atoms with Crippen molar-refractivity contribution < 1.29 is 22.7 Å². The van der Waals surface area contributed by atoms with Gasteiger partial charge in [-0.3, -0.25) is 4.79 Å². The van der Waals surface area contributed by atoms with Gasteiger partial charge in [0.25, 0.3) is 5.91 Å². The molecule has 0 saturated carbocycles. The van der Waals surface area contributed by atoms with E-state index in [4.69, 9.17) is 0 Å². The number of hydrogen-bond donors (Lipinski definition) is 1. The molecule has 0 saturated heterocycles. The van der Waals surface area contributed by atoms with Gasteiger partial charge in [-0.15, -0.1) is 13.2 Å². The summed E-state index contributed by atoms with van der Waals surface area (Å²) in [5, 5.41) is 2.50. The molecule has 0 aromatic heterocycles. The second kappa shape index (κ2) is 5.64. The number of amides is 1. The first kappa shape index (κ1) is 13.9. The van der Waals surface area contributed by atoms with Gasteiger partial charge in [0, 0.05) is 5.69 Å². The van der Waals surface area contributed by atoms with E-state index in [-0.39, 0.29) is 5.56 Å². The maximum Gasteiger partial charge on any atom is 0.573 e. The number of carbonyl (C=O) groups excluding carboxylic acids is 1. The van der Waals surface area contributed by atoms with E-state index in [2.05, 4.69) is 10.1 Å². The third kappa shape index (κ3) is 3.74. The molecule has 0 aliphatic rings. The maximum absolute atomic E-state index is 12.3. The monoisotopic (exact) mass is 281 g/mol. The Morgan fingerprint density at radius 1 is 0.950 bits per heavy atom. The lowest BCUT2D eigenvalue weighted by atomic mass is 10.2. The van der Waals surface area contributed by atoms with Crippen LogP contribution in [0.3, 0.4) is 0 Å². The molecular weight excluding hydrogens is 271 g/mol. The minimum Gasteiger partial charge on any atom is -0.405 e. The molecular formula is C14H10F3NO2. The Labute approximate surface area is 113 Å². The summed E-state index contributed by atoms with van der Waals surface area (Å²) in [6.45, 7) is 0. The summed E-state index contributed by atoms with van der Waals surface area (Å²) < 4.78 is 40.6. The van der Waals surface area contributed by atoms with E-state index in [1.54, 1.807) is 30.3 Å². The Morgan fingerprint density at radius 3 is 2.20 bits per heavy atom. The summed E-state index contributed by atoms with van der Waals surface area (Å²) in [7, 11) is 0. The fraction of sp³-hybridized carbons (Fsp3) is 0.0714. The normalized spacial score (nSPS) is 10.9. The minimum atomic E-state index is -4.84. The molecule has 0 aliphatic heterocycles. The fourth-order valence-electron chi connectivity index (χ4n) is 1.59. The topological polar surface area (TPSA) is 38.3 Å². The number of ether oxygens (including phenoxy) is 1. The molecule has 0 unspecified atom stereocenters. The Bertz CT molecular complexity index is 597. The Balaban J connectivity index is 2.22. The molecule has 104 valence electrons. The SMILES string of the molecule is O=C(Nc1ccccc1)c1ccccc1OC(F)(F)F. The van der Waals surface area contributed by atoms with Crippen LogP contribution in [-0.2, 0) is 0 Å². The molecule has 0 spiro atoms. The van der Waals surface area contributed by atoms with Crippen molar-refractivity contribution in [3.8, 4) is 5.75 Å². The van der Waals surface area contributed by atoms with E-state index in [1.165, 1.54) is 18.2 Å². The van der Waals surface area contributed by atoms with Crippen LogP contribution in [0.2, 0.25) is 0 Å². The molecule has 20 heavy (non-hydrogen) atoms. The van der Waals surface area contributed by atoms with Gasteiger partial charge >= 0.3 is 6.36 Å². The van der Waals surface area contributed by atoms with Crippen molar-refractivity contribution in [2.45, 2.75) is 6.36 Å². The van der Waals surface area contributed by atoms with Gasteiger partial charge in [-0.1, -0.05) is 30.3 Å². The van der Waals surface area contributed by atoms with Crippen LogP contribution in [0.25, 0.3) is 0 Å². The summed E-state index contributed by atoms with van der Waals surface area (Å²) in [5.74, 6) is -1.20. The molecule has 0 fully saturated rings. The van der Waals surface area contributed by atoms with Crippen LogP contribution in [0.5, 0.6) is 5.75 Å². The summed E-state index contributed by atoms with van der Waals surface area (Å²) in [6.07, 6.45) is -4.84. The maximum atomic E-state index is 12.3. The van der Waals surface area contributed by atoms with Crippen molar-refractivity contribution in [1.29, 1.82) is 0 Å². The highest BCUT2D eigenvalue weighted by Crippen LogP contribution is 2.26. The fourth-order valence-corrected chi connectivity index (χ4v) is 1.59. The predicted octanol–water partition coefficient (Wildman–Crippen LogP) is 3.84. The van der Waals surface area contributed by atoms with Gasteiger partial charge in [-0.2, -0.15) is 0 Å².